The first-order chi connectivity index (χ1) is 8.81. The molecule has 0 heterocycles. The summed E-state index contributed by atoms with van der Waals surface area (Å²) >= 11 is 0. The van der Waals surface area contributed by atoms with E-state index in [9.17, 15) is 9.59 Å². The lowest BCUT2D eigenvalue weighted by atomic mass is 10.2. The van der Waals surface area contributed by atoms with Gasteiger partial charge < -0.3 is 0 Å². The number of rotatable bonds is 3. The normalized spacial score (nSPS) is 6.74. The van der Waals surface area contributed by atoms with Crippen LogP contribution >= 0.6 is 0 Å². The maximum atomic E-state index is 10.6. The Labute approximate surface area is 114 Å². The summed E-state index contributed by atoms with van der Waals surface area (Å²) in [6.07, 6.45) is 0.399. The molecule has 0 aromatic heterocycles. The molecule has 0 N–H and O–H groups in total. The van der Waals surface area contributed by atoms with Crippen LogP contribution in [0.25, 0.3) is 0 Å². The van der Waals surface area contributed by atoms with E-state index in [4.69, 9.17) is 0 Å². The zero-order valence-electron chi connectivity index (χ0n) is 11.9. The standard InChI is InChI=1S/C12H10O.C5H8O/c1-4-5-6-7-8-9-11(2)10-12(3)13;1-4(2)5(3)6/h1,10H2,2-3H3;1H2,2-3H3. The zero-order valence-corrected chi connectivity index (χ0v) is 11.9. The first-order valence-corrected chi connectivity index (χ1v) is 5.57. The van der Waals surface area contributed by atoms with E-state index in [1.165, 1.54) is 13.8 Å². The van der Waals surface area contributed by atoms with Gasteiger partial charge >= 0.3 is 0 Å². The number of carbonyl (C=O) groups is 2. The van der Waals surface area contributed by atoms with E-state index < -0.39 is 0 Å². The Kier molecular flexibility index (Phi) is 11.9. The third-order valence-electron chi connectivity index (χ3n) is 1.67. The average Bonchev–Trinajstić information content (AvgIpc) is 2.28. The van der Waals surface area contributed by atoms with Crippen molar-refractivity contribution in [2.45, 2.75) is 34.1 Å². The van der Waals surface area contributed by atoms with Gasteiger partial charge in [-0.1, -0.05) is 18.0 Å². The van der Waals surface area contributed by atoms with Crippen LogP contribution in [0.15, 0.2) is 58.7 Å². The fourth-order valence-corrected chi connectivity index (χ4v) is 0.662. The molecule has 2 nitrogen and oxygen atoms in total. The fourth-order valence-electron chi connectivity index (χ4n) is 0.662. The highest BCUT2D eigenvalue weighted by atomic mass is 16.1. The van der Waals surface area contributed by atoms with E-state index >= 15 is 0 Å². The molecule has 0 aliphatic rings. The third kappa shape index (κ3) is 18.1. The van der Waals surface area contributed by atoms with Gasteiger partial charge in [-0.3, -0.25) is 9.59 Å². The Balaban J connectivity index is 0. The molecule has 19 heavy (non-hydrogen) atoms. The minimum Gasteiger partial charge on any atom is -0.300 e. The Hall–Kier alpha value is -2.50. The third-order valence-corrected chi connectivity index (χ3v) is 1.67. The predicted octanol–water partition coefficient (Wildman–Crippen LogP) is 3.62. The average molecular weight is 254 g/mol. The van der Waals surface area contributed by atoms with Crippen molar-refractivity contribution in [1.82, 2.24) is 0 Å². The molecule has 0 amide bonds. The molecular weight excluding hydrogens is 236 g/mol. The van der Waals surface area contributed by atoms with E-state index in [0.717, 1.165) is 5.57 Å². The van der Waals surface area contributed by atoms with Crippen LogP contribution in [-0.4, -0.2) is 11.6 Å². The van der Waals surface area contributed by atoms with Crippen molar-refractivity contribution >= 4 is 11.6 Å². The summed E-state index contributed by atoms with van der Waals surface area (Å²) in [5.41, 5.74) is 16.7. The maximum Gasteiger partial charge on any atom is 0.154 e. The van der Waals surface area contributed by atoms with Gasteiger partial charge in [0.25, 0.3) is 0 Å². The Morgan fingerprint density at radius 1 is 0.947 bits per heavy atom. The summed E-state index contributed by atoms with van der Waals surface area (Å²) in [4.78, 5) is 20.7. The van der Waals surface area contributed by atoms with Crippen LogP contribution in [0.4, 0.5) is 0 Å². The molecule has 0 atom stereocenters. The summed E-state index contributed by atoms with van der Waals surface area (Å²) in [6.45, 7) is 13.2. The molecule has 0 bridgehead atoms. The van der Waals surface area contributed by atoms with Crippen molar-refractivity contribution in [2.75, 3.05) is 0 Å². The Morgan fingerprint density at radius 2 is 1.42 bits per heavy atom. The van der Waals surface area contributed by atoms with Crippen LogP contribution in [0, 0.1) is 0 Å². The van der Waals surface area contributed by atoms with Crippen LogP contribution in [-0.2, 0) is 9.59 Å². The lowest BCUT2D eigenvalue weighted by Crippen LogP contribution is -1.88. The van der Waals surface area contributed by atoms with E-state index in [1.54, 1.807) is 6.92 Å². The Morgan fingerprint density at radius 3 is 1.79 bits per heavy atom. The number of hydrogen-bond acceptors (Lipinski definition) is 2. The monoisotopic (exact) mass is 254 g/mol. The molecular formula is C17H18O2. The lowest BCUT2D eigenvalue weighted by molar-refractivity contribution is -0.116. The van der Waals surface area contributed by atoms with E-state index in [-0.39, 0.29) is 11.6 Å². The number of ketones is 2. The molecule has 0 aromatic rings. The molecule has 0 saturated carbocycles. The van der Waals surface area contributed by atoms with Crippen LogP contribution < -0.4 is 0 Å². The molecule has 98 valence electrons. The van der Waals surface area contributed by atoms with Crippen LogP contribution in [0.5, 0.6) is 0 Å². The number of Topliss-reactive ketones (excluding diaryl/α,β-unsaturated/α-hetero) is 2. The highest BCUT2D eigenvalue weighted by molar-refractivity contribution is 5.91. The van der Waals surface area contributed by atoms with E-state index in [1.807, 2.05) is 6.92 Å². The summed E-state index contributed by atoms with van der Waals surface area (Å²) in [6, 6.07) is 0. The highest BCUT2D eigenvalue weighted by Crippen LogP contribution is 1.96. The van der Waals surface area contributed by atoms with Crippen molar-refractivity contribution in [2.24, 2.45) is 0 Å². The smallest absolute Gasteiger partial charge is 0.154 e. The van der Waals surface area contributed by atoms with Gasteiger partial charge in [-0.15, -0.1) is 0 Å². The van der Waals surface area contributed by atoms with Gasteiger partial charge in [0.15, 0.2) is 5.78 Å². The van der Waals surface area contributed by atoms with Gasteiger partial charge in [-0.2, -0.15) is 0 Å². The van der Waals surface area contributed by atoms with Crippen LogP contribution in [0.2, 0.25) is 0 Å². The summed E-state index contributed by atoms with van der Waals surface area (Å²) in [5.74, 6) is 0.173. The summed E-state index contributed by atoms with van der Waals surface area (Å²) in [7, 11) is 0. The number of carbonyl (C=O) groups excluding carboxylic acids is 2. The van der Waals surface area contributed by atoms with Gasteiger partial charge in [0.05, 0.1) is 0 Å². The molecule has 0 aromatic carbocycles. The van der Waals surface area contributed by atoms with Crippen LogP contribution in [0.1, 0.15) is 34.1 Å². The Bertz CT molecular complexity index is 569. The predicted molar refractivity (Wildman–Crippen MR) is 76.7 cm³/mol. The van der Waals surface area contributed by atoms with Crippen molar-refractivity contribution in [3.05, 3.63) is 58.7 Å². The molecule has 0 aliphatic heterocycles. The number of hydrogen-bond donors (Lipinski definition) is 0. The molecule has 0 aliphatic carbocycles. The molecule has 0 fully saturated rings. The minimum absolute atomic E-state index is 0.0648. The minimum atomic E-state index is 0.0648. The molecule has 0 unspecified atom stereocenters. The topological polar surface area (TPSA) is 34.1 Å². The van der Waals surface area contributed by atoms with Crippen molar-refractivity contribution in [3.63, 3.8) is 0 Å². The van der Waals surface area contributed by atoms with Crippen molar-refractivity contribution < 1.29 is 9.59 Å². The zero-order chi connectivity index (χ0) is 15.3. The first kappa shape index (κ1) is 18.9. The molecule has 0 rings (SSSR count). The van der Waals surface area contributed by atoms with Gasteiger partial charge in [0.2, 0.25) is 0 Å². The second-order valence-electron chi connectivity index (χ2n) is 3.80. The second-order valence-corrected chi connectivity index (χ2v) is 3.80. The maximum absolute atomic E-state index is 10.6. The molecule has 0 spiro atoms. The fraction of sp³-hybridized carbons (Fsp3) is 0.294. The van der Waals surface area contributed by atoms with Gasteiger partial charge in [0, 0.05) is 6.42 Å². The van der Waals surface area contributed by atoms with Crippen molar-refractivity contribution in [1.29, 1.82) is 0 Å². The molecule has 2 heteroatoms. The highest BCUT2D eigenvalue weighted by Gasteiger charge is 1.91. The van der Waals surface area contributed by atoms with Gasteiger partial charge in [-0.25, -0.2) is 0 Å². The lowest BCUT2D eigenvalue weighted by Gasteiger charge is -1.87. The second kappa shape index (κ2) is 12.0. The summed E-state index contributed by atoms with van der Waals surface area (Å²) < 4.78 is 0. The van der Waals surface area contributed by atoms with E-state index in [0.29, 0.717) is 12.0 Å². The molecule has 0 radical (unpaired) electrons. The van der Waals surface area contributed by atoms with Gasteiger partial charge in [0.1, 0.15) is 5.78 Å². The van der Waals surface area contributed by atoms with E-state index in [2.05, 4.69) is 47.5 Å². The van der Waals surface area contributed by atoms with Crippen molar-refractivity contribution in [3.8, 4) is 0 Å². The first-order valence-electron chi connectivity index (χ1n) is 5.57. The van der Waals surface area contributed by atoms with Crippen LogP contribution in [0.3, 0.4) is 0 Å². The molecule has 0 saturated heterocycles. The SMILES string of the molecule is C=C(C)C(C)=O.C=C=C=C=C=C=C=C(C)CC(C)=O. The quantitative estimate of drug-likeness (QED) is 0.569. The largest absolute Gasteiger partial charge is 0.300 e. The summed E-state index contributed by atoms with van der Waals surface area (Å²) in [5, 5.41) is 0. The van der Waals surface area contributed by atoms with Gasteiger partial charge in [-0.05, 0) is 68.3 Å². The number of allylic oxidation sites excluding steroid dienone is 2.